The van der Waals surface area contributed by atoms with Crippen molar-refractivity contribution in [2.24, 2.45) is 4.99 Å². The molecule has 0 amide bonds. The Hall–Kier alpha value is -3.70. The van der Waals surface area contributed by atoms with Crippen molar-refractivity contribution < 1.29 is 9.53 Å². The first kappa shape index (κ1) is 22.1. The molecule has 0 aliphatic heterocycles. The lowest BCUT2D eigenvalue weighted by Gasteiger charge is -2.23. The zero-order chi connectivity index (χ0) is 23.7. The predicted molar refractivity (Wildman–Crippen MR) is 142 cm³/mol. The number of fused-ring (bicyclic) bond motifs is 3. The van der Waals surface area contributed by atoms with Crippen LogP contribution in [0.2, 0.25) is 0 Å². The molecule has 0 spiro atoms. The SMILES string of the molecule is C=NCc1cc(Br)cc2c1c1ccc(C(=O)OC)cc1n2C(c1ccccc1)c1ccccc1. The summed E-state index contributed by atoms with van der Waals surface area (Å²) < 4.78 is 8.32. The van der Waals surface area contributed by atoms with E-state index in [0.717, 1.165) is 43.0 Å². The van der Waals surface area contributed by atoms with Gasteiger partial charge in [-0.3, -0.25) is 4.99 Å². The van der Waals surface area contributed by atoms with E-state index >= 15 is 0 Å². The van der Waals surface area contributed by atoms with Crippen LogP contribution >= 0.6 is 15.9 Å². The normalized spacial score (nSPS) is 11.3. The van der Waals surface area contributed by atoms with Gasteiger partial charge in [0.15, 0.2) is 0 Å². The molecule has 0 radical (unpaired) electrons. The lowest BCUT2D eigenvalue weighted by molar-refractivity contribution is 0.0601. The highest BCUT2D eigenvalue weighted by atomic mass is 79.9. The Bertz CT molecular complexity index is 1470. The third-order valence-electron chi connectivity index (χ3n) is 6.14. The number of benzene rings is 4. The zero-order valence-electron chi connectivity index (χ0n) is 18.7. The number of hydrogen-bond acceptors (Lipinski definition) is 3. The van der Waals surface area contributed by atoms with E-state index in [9.17, 15) is 4.79 Å². The summed E-state index contributed by atoms with van der Waals surface area (Å²) in [5.74, 6) is -0.358. The molecule has 5 rings (SSSR count). The number of aliphatic imine (C=N–C) groups is 1. The first-order valence-electron chi connectivity index (χ1n) is 11.0. The van der Waals surface area contributed by atoms with Gasteiger partial charge in [-0.25, -0.2) is 4.79 Å². The van der Waals surface area contributed by atoms with Crippen LogP contribution in [0, 0.1) is 0 Å². The minimum absolute atomic E-state index is 0.103. The number of hydrogen-bond donors (Lipinski definition) is 0. The summed E-state index contributed by atoms with van der Waals surface area (Å²) in [6, 6.07) is 30.7. The van der Waals surface area contributed by atoms with E-state index in [1.54, 1.807) is 0 Å². The Morgan fingerprint density at radius 2 is 1.59 bits per heavy atom. The van der Waals surface area contributed by atoms with Gasteiger partial charge in [0.1, 0.15) is 0 Å². The van der Waals surface area contributed by atoms with Crippen LogP contribution in [-0.4, -0.2) is 24.4 Å². The first-order chi connectivity index (χ1) is 16.6. The third-order valence-corrected chi connectivity index (χ3v) is 6.60. The molecule has 0 saturated carbocycles. The Kier molecular flexibility index (Phi) is 6.03. The minimum Gasteiger partial charge on any atom is -0.465 e. The van der Waals surface area contributed by atoms with Crippen LogP contribution in [-0.2, 0) is 11.3 Å². The van der Waals surface area contributed by atoms with Gasteiger partial charge in [0.05, 0.1) is 36.3 Å². The van der Waals surface area contributed by atoms with E-state index in [1.165, 1.54) is 7.11 Å². The summed E-state index contributed by atoms with van der Waals surface area (Å²) in [7, 11) is 1.41. The van der Waals surface area contributed by atoms with Crippen LogP contribution in [0.5, 0.6) is 0 Å². The number of methoxy groups -OCH3 is 1. The molecule has 0 N–H and O–H groups in total. The molecular formula is C29H23BrN2O2. The molecule has 34 heavy (non-hydrogen) atoms. The highest BCUT2D eigenvalue weighted by Gasteiger charge is 2.24. The zero-order valence-corrected chi connectivity index (χ0v) is 20.3. The number of nitrogens with zero attached hydrogens (tertiary/aromatic N) is 2. The maximum atomic E-state index is 12.5. The number of esters is 1. The maximum Gasteiger partial charge on any atom is 0.337 e. The minimum atomic E-state index is -0.358. The van der Waals surface area contributed by atoms with Crippen molar-refractivity contribution in [3.8, 4) is 0 Å². The van der Waals surface area contributed by atoms with Gasteiger partial charge >= 0.3 is 5.97 Å². The van der Waals surface area contributed by atoms with Gasteiger partial charge in [-0.05, 0) is 47.7 Å². The van der Waals surface area contributed by atoms with E-state index in [1.807, 2.05) is 30.3 Å². The van der Waals surface area contributed by atoms with Gasteiger partial charge in [0.25, 0.3) is 0 Å². The van der Waals surface area contributed by atoms with Crippen molar-refractivity contribution in [1.29, 1.82) is 0 Å². The molecule has 0 aliphatic carbocycles. The highest BCUT2D eigenvalue weighted by Crippen LogP contribution is 2.40. The molecule has 0 bridgehead atoms. The Morgan fingerprint density at radius 3 is 2.18 bits per heavy atom. The molecular weight excluding hydrogens is 488 g/mol. The second-order valence-corrected chi connectivity index (χ2v) is 9.07. The lowest BCUT2D eigenvalue weighted by atomic mass is 9.98. The number of ether oxygens (including phenoxy) is 1. The Balaban J connectivity index is 1.95. The maximum absolute atomic E-state index is 12.5. The second-order valence-electron chi connectivity index (χ2n) is 8.16. The van der Waals surface area contributed by atoms with Gasteiger partial charge in [-0.15, -0.1) is 0 Å². The number of halogens is 1. The number of aromatic nitrogens is 1. The predicted octanol–water partition coefficient (Wildman–Crippen LogP) is 7.18. The fourth-order valence-corrected chi connectivity index (χ4v) is 5.24. The molecule has 5 aromatic rings. The van der Waals surface area contributed by atoms with Crippen LogP contribution in [0.1, 0.15) is 33.1 Å². The Morgan fingerprint density at radius 1 is 0.941 bits per heavy atom. The molecule has 0 atom stereocenters. The highest BCUT2D eigenvalue weighted by molar-refractivity contribution is 9.10. The largest absolute Gasteiger partial charge is 0.465 e. The summed E-state index contributed by atoms with van der Waals surface area (Å²) in [5.41, 5.74) is 5.91. The third kappa shape index (κ3) is 3.82. The van der Waals surface area contributed by atoms with Crippen molar-refractivity contribution >= 4 is 50.4 Å². The van der Waals surface area contributed by atoms with Crippen LogP contribution in [0.15, 0.2) is 100 Å². The van der Waals surface area contributed by atoms with E-state index in [2.05, 4.69) is 92.9 Å². The van der Waals surface area contributed by atoms with Crippen molar-refractivity contribution in [1.82, 2.24) is 4.57 Å². The molecule has 1 heterocycles. The van der Waals surface area contributed by atoms with Gasteiger partial charge in [0, 0.05) is 15.2 Å². The number of carbonyl (C=O) groups is 1. The summed E-state index contributed by atoms with van der Waals surface area (Å²) in [6.07, 6.45) is 0. The average Bonchev–Trinajstić information content (AvgIpc) is 3.18. The van der Waals surface area contributed by atoms with E-state index < -0.39 is 0 Å². The van der Waals surface area contributed by atoms with E-state index in [4.69, 9.17) is 4.74 Å². The van der Waals surface area contributed by atoms with Gasteiger partial charge in [-0.1, -0.05) is 82.7 Å². The topological polar surface area (TPSA) is 43.6 Å². The van der Waals surface area contributed by atoms with Crippen LogP contribution in [0.25, 0.3) is 21.8 Å². The molecule has 168 valence electrons. The van der Waals surface area contributed by atoms with E-state index in [-0.39, 0.29) is 12.0 Å². The first-order valence-corrected chi connectivity index (χ1v) is 11.8. The molecule has 1 aromatic heterocycles. The molecule has 0 saturated heterocycles. The van der Waals surface area contributed by atoms with Crippen LogP contribution in [0.4, 0.5) is 0 Å². The standard InChI is InChI=1S/C29H23BrN2O2/c1-31-18-22-15-23(30)17-26-27(22)24-14-13-21(29(33)34-2)16-25(24)32(26)28(19-9-5-3-6-10-19)20-11-7-4-8-12-20/h3-17,28H,1,18H2,2H3. The summed E-state index contributed by atoms with van der Waals surface area (Å²) >= 11 is 3.71. The summed E-state index contributed by atoms with van der Waals surface area (Å²) in [6.45, 7) is 4.22. The second kappa shape index (κ2) is 9.27. The number of carbonyl (C=O) groups excluding carboxylic acids is 1. The Labute approximate surface area is 206 Å². The summed E-state index contributed by atoms with van der Waals surface area (Å²) in [4.78, 5) is 16.6. The summed E-state index contributed by atoms with van der Waals surface area (Å²) in [5, 5.41) is 2.17. The molecule has 5 heteroatoms. The van der Waals surface area contributed by atoms with Crippen LogP contribution < -0.4 is 0 Å². The van der Waals surface area contributed by atoms with Gasteiger partial charge in [0.2, 0.25) is 0 Å². The van der Waals surface area contributed by atoms with Crippen LogP contribution in [0.3, 0.4) is 0 Å². The fourth-order valence-electron chi connectivity index (χ4n) is 4.75. The average molecular weight is 511 g/mol. The molecule has 4 aromatic carbocycles. The molecule has 0 aliphatic rings. The lowest BCUT2D eigenvalue weighted by Crippen LogP contribution is -2.12. The quantitative estimate of drug-likeness (QED) is 0.179. The van der Waals surface area contributed by atoms with Gasteiger partial charge in [-0.2, -0.15) is 0 Å². The molecule has 0 fully saturated rings. The smallest absolute Gasteiger partial charge is 0.337 e. The van der Waals surface area contributed by atoms with Crippen molar-refractivity contribution in [2.75, 3.05) is 7.11 Å². The monoisotopic (exact) mass is 510 g/mol. The number of rotatable bonds is 6. The van der Waals surface area contributed by atoms with Crippen molar-refractivity contribution in [3.05, 3.63) is 118 Å². The van der Waals surface area contributed by atoms with Crippen molar-refractivity contribution in [2.45, 2.75) is 12.6 Å². The van der Waals surface area contributed by atoms with Gasteiger partial charge < -0.3 is 9.30 Å². The molecule has 4 nitrogen and oxygen atoms in total. The van der Waals surface area contributed by atoms with Crippen molar-refractivity contribution in [3.63, 3.8) is 0 Å². The molecule has 0 unspecified atom stereocenters. The fraction of sp³-hybridized carbons (Fsp3) is 0.103. The van der Waals surface area contributed by atoms with E-state index in [0.29, 0.717) is 12.1 Å².